The number of para-hydroxylation sites is 1. The zero-order valence-electron chi connectivity index (χ0n) is 8.85. The van der Waals surface area contributed by atoms with Crippen LogP contribution in [0.1, 0.15) is 18.9 Å². The summed E-state index contributed by atoms with van der Waals surface area (Å²) in [7, 11) is 0. The van der Waals surface area contributed by atoms with Crippen molar-refractivity contribution in [3.8, 4) is 0 Å². The summed E-state index contributed by atoms with van der Waals surface area (Å²) in [6.07, 6.45) is 3.24. The zero-order valence-corrected chi connectivity index (χ0v) is 8.85. The van der Waals surface area contributed by atoms with Gasteiger partial charge in [0.1, 0.15) is 0 Å². The summed E-state index contributed by atoms with van der Waals surface area (Å²) in [6, 6.07) is 10.2. The van der Waals surface area contributed by atoms with Gasteiger partial charge in [0, 0.05) is 11.6 Å². The van der Waals surface area contributed by atoms with Crippen LogP contribution in [0.15, 0.2) is 36.5 Å². The SMILES string of the molecule is CC(O)CCc1cccc2cccnc12. The van der Waals surface area contributed by atoms with E-state index in [1.165, 1.54) is 10.9 Å². The lowest BCUT2D eigenvalue weighted by Gasteiger charge is -2.06. The lowest BCUT2D eigenvalue weighted by Crippen LogP contribution is -2.02. The summed E-state index contributed by atoms with van der Waals surface area (Å²) < 4.78 is 0. The average molecular weight is 201 g/mol. The molecule has 1 N–H and O–H groups in total. The van der Waals surface area contributed by atoms with E-state index in [1.54, 1.807) is 0 Å². The number of rotatable bonds is 3. The van der Waals surface area contributed by atoms with Crippen molar-refractivity contribution in [2.75, 3.05) is 0 Å². The topological polar surface area (TPSA) is 33.1 Å². The molecule has 0 bridgehead atoms. The second kappa shape index (κ2) is 4.41. The molecule has 1 heterocycles. The molecule has 2 heteroatoms. The van der Waals surface area contributed by atoms with E-state index in [0.717, 1.165) is 18.4 Å². The second-order valence-electron chi connectivity index (χ2n) is 3.88. The van der Waals surface area contributed by atoms with Gasteiger partial charge in [-0.1, -0.05) is 24.3 Å². The number of aliphatic hydroxyl groups excluding tert-OH is 1. The summed E-state index contributed by atoms with van der Waals surface area (Å²) in [5.41, 5.74) is 2.27. The Balaban J connectivity index is 2.34. The van der Waals surface area contributed by atoms with Gasteiger partial charge in [0.15, 0.2) is 0 Å². The highest BCUT2D eigenvalue weighted by Crippen LogP contribution is 2.17. The first kappa shape index (κ1) is 10.1. The van der Waals surface area contributed by atoms with Gasteiger partial charge in [-0.2, -0.15) is 0 Å². The van der Waals surface area contributed by atoms with Crippen molar-refractivity contribution >= 4 is 10.9 Å². The van der Waals surface area contributed by atoms with Crippen LogP contribution in [0.4, 0.5) is 0 Å². The van der Waals surface area contributed by atoms with Crippen molar-refractivity contribution < 1.29 is 5.11 Å². The van der Waals surface area contributed by atoms with Crippen LogP contribution in [0.2, 0.25) is 0 Å². The Kier molecular flexibility index (Phi) is 2.97. The summed E-state index contributed by atoms with van der Waals surface area (Å²) in [4.78, 5) is 4.38. The first-order valence-electron chi connectivity index (χ1n) is 5.28. The maximum absolute atomic E-state index is 9.27. The Morgan fingerprint density at radius 2 is 2.07 bits per heavy atom. The van der Waals surface area contributed by atoms with Gasteiger partial charge in [0.2, 0.25) is 0 Å². The molecule has 0 aliphatic heterocycles. The van der Waals surface area contributed by atoms with Gasteiger partial charge >= 0.3 is 0 Å². The average Bonchev–Trinajstić information content (AvgIpc) is 2.26. The number of benzene rings is 1. The molecule has 0 spiro atoms. The molecule has 0 saturated carbocycles. The molecule has 15 heavy (non-hydrogen) atoms. The monoisotopic (exact) mass is 201 g/mol. The molecular weight excluding hydrogens is 186 g/mol. The van der Waals surface area contributed by atoms with Crippen molar-refractivity contribution in [1.82, 2.24) is 4.98 Å². The third-order valence-corrected chi connectivity index (χ3v) is 2.55. The van der Waals surface area contributed by atoms with Crippen LogP contribution in [-0.4, -0.2) is 16.2 Å². The van der Waals surface area contributed by atoms with Gasteiger partial charge in [0.25, 0.3) is 0 Å². The van der Waals surface area contributed by atoms with Gasteiger partial charge < -0.3 is 5.11 Å². The van der Waals surface area contributed by atoms with Gasteiger partial charge in [-0.3, -0.25) is 4.98 Å². The smallest absolute Gasteiger partial charge is 0.0733 e. The van der Waals surface area contributed by atoms with E-state index in [2.05, 4.69) is 23.2 Å². The first-order valence-corrected chi connectivity index (χ1v) is 5.28. The van der Waals surface area contributed by atoms with Crippen LogP contribution in [-0.2, 0) is 6.42 Å². The van der Waals surface area contributed by atoms with E-state index in [-0.39, 0.29) is 6.10 Å². The third-order valence-electron chi connectivity index (χ3n) is 2.55. The number of hydrogen-bond acceptors (Lipinski definition) is 2. The van der Waals surface area contributed by atoms with E-state index in [4.69, 9.17) is 0 Å². The molecule has 0 aliphatic rings. The van der Waals surface area contributed by atoms with E-state index < -0.39 is 0 Å². The van der Waals surface area contributed by atoms with E-state index in [0.29, 0.717) is 0 Å². The summed E-state index contributed by atoms with van der Waals surface area (Å²) in [5, 5.41) is 10.4. The highest BCUT2D eigenvalue weighted by Gasteiger charge is 2.03. The van der Waals surface area contributed by atoms with Crippen LogP contribution in [0.5, 0.6) is 0 Å². The van der Waals surface area contributed by atoms with Crippen LogP contribution in [0.25, 0.3) is 10.9 Å². The number of pyridine rings is 1. The molecule has 0 amide bonds. The highest BCUT2D eigenvalue weighted by atomic mass is 16.3. The Morgan fingerprint density at radius 1 is 1.27 bits per heavy atom. The molecule has 0 aliphatic carbocycles. The lowest BCUT2D eigenvalue weighted by atomic mass is 10.0. The summed E-state index contributed by atoms with van der Waals surface area (Å²) >= 11 is 0. The first-order chi connectivity index (χ1) is 7.27. The Labute approximate surface area is 89.6 Å². The Morgan fingerprint density at radius 3 is 2.87 bits per heavy atom. The molecule has 1 atom stereocenters. The predicted octanol–water partition coefficient (Wildman–Crippen LogP) is 2.55. The molecule has 1 aromatic carbocycles. The number of nitrogens with zero attached hydrogens (tertiary/aromatic N) is 1. The van der Waals surface area contributed by atoms with E-state index in [1.807, 2.05) is 25.3 Å². The molecular formula is C13H15NO. The third kappa shape index (κ3) is 2.34. The minimum atomic E-state index is -0.246. The number of aryl methyl sites for hydroxylation is 1. The molecule has 0 radical (unpaired) electrons. The van der Waals surface area contributed by atoms with Gasteiger partial charge in [-0.05, 0) is 31.4 Å². The minimum absolute atomic E-state index is 0.246. The van der Waals surface area contributed by atoms with E-state index in [9.17, 15) is 5.11 Å². The standard InChI is InChI=1S/C13H15NO/c1-10(15)7-8-12-5-2-4-11-6-3-9-14-13(11)12/h2-6,9-10,15H,7-8H2,1H3. The number of aliphatic hydroxyl groups is 1. The van der Waals surface area contributed by atoms with Gasteiger partial charge in [-0.25, -0.2) is 0 Å². The Hall–Kier alpha value is -1.41. The molecule has 1 unspecified atom stereocenters. The van der Waals surface area contributed by atoms with Crippen molar-refractivity contribution in [2.45, 2.75) is 25.9 Å². The van der Waals surface area contributed by atoms with Gasteiger partial charge in [0.05, 0.1) is 11.6 Å². The molecule has 2 nitrogen and oxygen atoms in total. The Bertz CT molecular complexity index is 446. The van der Waals surface area contributed by atoms with Crippen LogP contribution < -0.4 is 0 Å². The minimum Gasteiger partial charge on any atom is -0.393 e. The zero-order chi connectivity index (χ0) is 10.7. The lowest BCUT2D eigenvalue weighted by molar-refractivity contribution is 0.185. The van der Waals surface area contributed by atoms with Crippen molar-refractivity contribution in [3.05, 3.63) is 42.1 Å². The number of fused-ring (bicyclic) bond motifs is 1. The van der Waals surface area contributed by atoms with Crippen molar-refractivity contribution in [1.29, 1.82) is 0 Å². The molecule has 0 saturated heterocycles. The fourth-order valence-corrected chi connectivity index (χ4v) is 1.73. The van der Waals surface area contributed by atoms with Crippen molar-refractivity contribution in [2.24, 2.45) is 0 Å². The number of aromatic nitrogens is 1. The summed E-state index contributed by atoms with van der Waals surface area (Å²) in [6.45, 7) is 1.82. The maximum Gasteiger partial charge on any atom is 0.0733 e. The second-order valence-corrected chi connectivity index (χ2v) is 3.88. The van der Waals surface area contributed by atoms with Crippen LogP contribution >= 0.6 is 0 Å². The fraction of sp³-hybridized carbons (Fsp3) is 0.308. The quantitative estimate of drug-likeness (QED) is 0.827. The highest BCUT2D eigenvalue weighted by molar-refractivity contribution is 5.81. The predicted molar refractivity (Wildman–Crippen MR) is 61.7 cm³/mol. The van der Waals surface area contributed by atoms with Crippen molar-refractivity contribution in [3.63, 3.8) is 0 Å². The molecule has 0 fully saturated rings. The molecule has 1 aromatic heterocycles. The van der Waals surface area contributed by atoms with E-state index >= 15 is 0 Å². The fourth-order valence-electron chi connectivity index (χ4n) is 1.73. The normalized spacial score (nSPS) is 12.9. The molecule has 2 aromatic rings. The van der Waals surface area contributed by atoms with Crippen LogP contribution in [0.3, 0.4) is 0 Å². The largest absolute Gasteiger partial charge is 0.393 e. The summed E-state index contributed by atoms with van der Waals surface area (Å²) in [5.74, 6) is 0. The van der Waals surface area contributed by atoms with Gasteiger partial charge in [-0.15, -0.1) is 0 Å². The molecule has 2 rings (SSSR count). The molecule has 78 valence electrons. The number of hydrogen-bond donors (Lipinski definition) is 1. The van der Waals surface area contributed by atoms with Crippen LogP contribution in [0, 0.1) is 0 Å². The maximum atomic E-state index is 9.27.